The van der Waals surface area contributed by atoms with E-state index in [-0.39, 0.29) is 24.0 Å². The summed E-state index contributed by atoms with van der Waals surface area (Å²) in [5, 5.41) is 8.54. The first kappa shape index (κ1) is 30.0. The van der Waals surface area contributed by atoms with E-state index in [0.29, 0.717) is 44.3 Å². The van der Waals surface area contributed by atoms with Crippen molar-refractivity contribution < 1.29 is 33.4 Å². The van der Waals surface area contributed by atoms with Gasteiger partial charge in [-0.15, -0.1) is 0 Å². The maximum Gasteiger partial charge on any atom is 0.243 e. The second-order valence-electron chi connectivity index (χ2n) is 11.6. The van der Waals surface area contributed by atoms with Crippen molar-refractivity contribution in [3.8, 4) is 5.75 Å². The Kier molecular flexibility index (Phi) is 10.2. The summed E-state index contributed by atoms with van der Waals surface area (Å²) < 4.78 is 16.0. The van der Waals surface area contributed by atoms with Gasteiger partial charge in [-0.1, -0.05) is 37.8 Å². The van der Waals surface area contributed by atoms with Crippen LogP contribution >= 0.6 is 0 Å². The fraction of sp³-hybridized carbons (Fsp3) is 0.667. The van der Waals surface area contributed by atoms with Gasteiger partial charge in [0.25, 0.3) is 0 Å². The van der Waals surface area contributed by atoms with Crippen LogP contribution in [0.2, 0.25) is 0 Å². The highest BCUT2D eigenvalue weighted by atomic mass is 16.6. The molecule has 3 fully saturated rings. The fourth-order valence-corrected chi connectivity index (χ4v) is 5.55. The predicted molar refractivity (Wildman–Crippen MR) is 148 cm³/mol. The van der Waals surface area contributed by atoms with E-state index in [0.717, 1.165) is 37.7 Å². The van der Waals surface area contributed by atoms with Crippen molar-refractivity contribution in [1.29, 1.82) is 0 Å². The molecule has 2 saturated heterocycles. The van der Waals surface area contributed by atoms with E-state index in [1.54, 1.807) is 33.1 Å². The molecule has 1 saturated carbocycles. The average molecular weight is 558 g/mol. The van der Waals surface area contributed by atoms with E-state index < -0.39 is 35.5 Å². The van der Waals surface area contributed by atoms with Crippen molar-refractivity contribution in [3.05, 3.63) is 29.8 Å². The summed E-state index contributed by atoms with van der Waals surface area (Å²) in [6, 6.07) is 4.75. The topological polar surface area (TPSA) is 135 Å². The van der Waals surface area contributed by atoms with Crippen LogP contribution in [0.5, 0.6) is 5.75 Å². The minimum atomic E-state index is -0.954. The quantitative estimate of drug-likeness (QED) is 0.316. The van der Waals surface area contributed by atoms with Gasteiger partial charge in [-0.2, -0.15) is 0 Å². The Morgan fingerprint density at radius 2 is 1.65 bits per heavy atom. The summed E-state index contributed by atoms with van der Waals surface area (Å²) in [7, 11) is 1.58. The highest BCUT2D eigenvalue weighted by Gasteiger charge is 2.50. The van der Waals surface area contributed by atoms with E-state index in [9.17, 15) is 19.2 Å². The predicted octanol–water partition coefficient (Wildman–Crippen LogP) is 2.08. The Labute approximate surface area is 236 Å². The molecule has 3 aliphatic rings. The number of Topliss-reactive ketones (excluding diaryl/α,β-unsaturated/α-hetero) is 1. The van der Waals surface area contributed by atoms with Gasteiger partial charge in [-0.3, -0.25) is 19.2 Å². The SMILES string of the molecule is COc1ccc(C[C@H](NC(=O)[C@@H](C)NC(=O)[C@H]2CCCOC2)C(=O)N[C@@H](CC2CCCC2)C(=O)[C@]2(C)CO2)cc1. The second-order valence-corrected chi connectivity index (χ2v) is 11.6. The number of amides is 3. The molecular formula is C30H43N3O7. The molecule has 1 aromatic rings. The zero-order valence-corrected chi connectivity index (χ0v) is 23.8. The first-order valence-electron chi connectivity index (χ1n) is 14.5. The highest BCUT2D eigenvalue weighted by Crippen LogP contribution is 2.33. The lowest BCUT2D eigenvalue weighted by Crippen LogP contribution is -2.57. The zero-order chi connectivity index (χ0) is 28.7. The third-order valence-corrected chi connectivity index (χ3v) is 8.29. The molecule has 1 aliphatic carbocycles. The largest absolute Gasteiger partial charge is 0.497 e. The number of ether oxygens (including phenoxy) is 3. The highest BCUT2D eigenvalue weighted by molar-refractivity contribution is 5.98. The molecule has 2 aliphatic heterocycles. The number of epoxide rings is 1. The minimum Gasteiger partial charge on any atom is -0.497 e. The smallest absolute Gasteiger partial charge is 0.243 e. The lowest BCUT2D eigenvalue weighted by Gasteiger charge is -2.27. The minimum absolute atomic E-state index is 0.127. The van der Waals surface area contributed by atoms with E-state index >= 15 is 0 Å². The molecule has 4 rings (SSSR count). The van der Waals surface area contributed by atoms with Gasteiger partial charge >= 0.3 is 0 Å². The molecule has 0 spiro atoms. The number of ketones is 1. The van der Waals surface area contributed by atoms with Gasteiger partial charge in [0, 0.05) is 13.0 Å². The van der Waals surface area contributed by atoms with Gasteiger partial charge in [-0.25, -0.2) is 0 Å². The molecule has 1 aromatic carbocycles. The maximum absolute atomic E-state index is 13.7. The van der Waals surface area contributed by atoms with Crippen molar-refractivity contribution in [2.24, 2.45) is 11.8 Å². The summed E-state index contributed by atoms with van der Waals surface area (Å²) in [6.45, 7) is 4.66. The monoisotopic (exact) mass is 557 g/mol. The summed E-state index contributed by atoms with van der Waals surface area (Å²) >= 11 is 0. The maximum atomic E-state index is 13.7. The fourth-order valence-electron chi connectivity index (χ4n) is 5.55. The van der Waals surface area contributed by atoms with Crippen LogP contribution in [0.1, 0.15) is 64.4 Å². The van der Waals surface area contributed by atoms with Crippen LogP contribution in [-0.2, 0) is 35.1 Å². The van der Waals surface area contributed by atoms with Crippen LogP contribution in [0, 0.1) is 11.8 Å². The lowest BCUT2D eigenvalue weighted by molar-refractivity contribution is -0.135. The Balaban J connectivity index is 1.46. The lowest BCUT2D eigenvalue weighted by atomic mass is 9.90. The molecule has 3 amide bonds. The van der Waals surface area contributed by atoms with E-state index in [2.05, 4.69) is 16.0 Å². The van der Waals surface area contributed by atoms with Crippen molar-refractivity contribution in [3.63, 3.8) is 0 Å². The van der Waals surface area contributed by atoms with Gasteiger partial charge in [0.05, 0.1) is 32.3 Å². The molecule has 10 heteroatoms. The third kappa shape index (κ3) is 8.04. The van der Waals surface area contributed by atoms with Gasteiger partial charge in [0.15, 0.2) is 5.78 Å². The molecule has 5 atom stereocenters. The van der Waals surface area contributed by atoms with E-state index in [1.165, 1.54) is 0 Å². The van der Waals surface area contributed by atoms with Gasteiger partial charge in [-0.05, 0) is 56.7 Å². The number of carbonyl (C=O) groups is 4. The number of rotatable bonds is 13. The Morgan fingerprint density at radius 1 is 0.975 bits per heavy atom. The summed E-state index contributed by atoms with van der Waals surface area (Å²) in [4.78, 5) is 52.8. The number of nitrogens with one attached hydrogen (secondary N) is 3. The summed E-state index contributed by atoms with van der Waals surface area (Å²) in [5.41, 5.74) is -0.0548. The van der Waals surface area contributed by atoms with Crippen LogP contribution in [0.3, 0.4) is 0 Å². The standard InChI is InChI=1S/C30H43N3O7/c1-19(31-28(36)22-9-6-14-39-17-22)27(35)33-25(16-21-10-12-23(38-3)13-11-21)29(37)32-24(15-20-7-4-5-8-20)26(34)30(2)18-40-30/h10-13,19-20,22,24-25H,4-9,14-18H2,1-3H3,(H,31,36)(H,32,37)(H,33,35)/t19-,22+,24+,25+,30+/m1/s1. The number of hydrogen-bond acceptors (Lipinski definition) is 7. The molecule has 2 heterocycles. The Bertz CT molecular complexity index is 1040. The van der Waals surface area contributed by atoms with Gasteiger partial charge < -0.3 is 30.2 Å². The third-order valence-electron chi connectivity index (χ3n) is 8.29. The van der Waals surface area contributed by atoms with Crippen molar-refractivity contribution in [1.82, 2.24) is 16.0 Å². The van der Waals surface area contributed by atoms with Crippen molar-refractivity contribution in [2.45, 2.75) is 88.9 Å². The molecule has 0 aromatic heterocycles. The van der Waals surface area contributed by atoms with Crippen molar-refractivity contribution >= 4 is 23.5 Å². The molecule has 3 N–H and O–H groups in total. The number of carbonyl (C=O) groups excluding carboxylic acids is 4. The normalized spacial score (nSPS) is 24.8. The number of benzene rings is 1. The van der Waals surface area contributed by atoms with Crippen LogP contribution in [0.25, 0.3) is 0 Å². The number of methoxy groups -OCH3 is 1. The van der Waals surface area contributed by atoms with E-state index in [4.69, 9.17) is 14.2 Å². The van der Waals surface area contributed by atoms with Crippen LogP contribution in [0.4, 0.5) is 0 Å². The molecule has 0 radical (unpaired) electrons. The van der Waals surface area contributed by atoms with Crippen LogP contribution in [-0.4, -0.2) is 74.2 Å². The molecule has 0 unspecified atom stereocenters. The van der Waals surface area contributed by atoms with Crippen LogP contribution < -0.4 is 20.7 Å². The first-order chi connectivity index (χ1) is 19.2. The first-order valence-corrected chi connectivity index (χ1v) is 14.5. The van der Waals surface area contributed by atoms with Crippen LogP contribution in [0.15, 0.2) is 24.3 Å². The Morgan fingerprint density at radius 3 is 2.25 bits per heavy atom. The molecule has 40 heavy (non-hydrogen) atoms. The van der Waals surface area contributed by atoms with E-state index in [1.807, 2.05) is 12.1 Å². The van der Waals surface area contributed by atoms with Crippen molar-refractivity contribution in [2.75, 3.05) is 26.9 Å². The van der Waals surface area contributed by atoms with Gasteiger partial charge in [0.1, 0.15) is 23.4 Å². The number of hydrogen-bond donors (Lipinski definition) is 3. The Hall–Kier alpha value is -2.98. The molecule has 10 nitrogen and oxygen atoms in total. The molecule has 220 valence electrons. The second kappa shape index (κ2) is 13.6. The zero-order valence-electron chi connectivity index (χ0n) is 23.8. The summed E-state index contributed by atoms with van der Waals surface area (Å²) in [6.07, 6.45) is 6.59. The summed E-state index contributed by atoms with van der Waals surface area (Å²) in [5.74, 6) is -0.535. The van der Waals surface area contributed by atoms with Gasteiger partial charge in [0.2, 0.25) is 17.7 Å². The molecular weight excluding hydrogens is 514 g/mol. The average Bonchev–Trinajstić information content (AvgIpc) is 3.50. The molecule has 0 bridgehead atoms.